The Kier molecular flexibility index (Phi) is 8.28. The molecule has 16 nitrogen and oxygen atoms in total. The van der Waals surface area contributed by atoms with Gasteiger partial charge in [0.15, 0.2) is 18.3 Å². The lowest BCUT2D eigenvalue weighted by molar-refractivity contribution is -0.350. The van der Waals surface area contributed by atoms with E-state index in [1.807, 2.05) is 0 Å². The summed E-state index contributed by atoms with van der Waals surface area (Å²) in [5.74, 6) is -2.09. The van der Waals surface area contributed by atoms with E-state index in [0.29, 0.717) is 0 Å². The Labute approximate surface area is 235 Å². The maximum atomic E-state index is 13.5. The largest absolute Gasteiger partial charge is 0.508 e. The standard InChI is InChI=1S/C26H28O16/c27-9-3-1-8(2-4-9)22-23(16(31)14-11(29)5-10(28)6-12(14)39-22)41-26-21(36)17(32)15(30)13(40-26)7-38-25-20(35)18(33)19(34)24(37)42-25/h1-6,13,15,17-21,24-30,32-37H,7H2/t13?,15-,17?,18?,19+,20-,21-,24?,25+,26-/m0/s1. The van der Waals surface area contributed by atoms with Crippen LogP contribution >= 0.6 is 0 Å². The molecule has 0 saturated carbocycles. The third-order valence-corrected chi connectivity index (χ3v) is 6.92. The Bertz CT molecular complexity index is 1470. The topological polar surface area (TPSA) is 269 Å². The van der Waals surface area contributed by atoms with Crippen molar-refractivity contribution in [2.45, 2.75) is 61.6 Å². The molecular formula is C26H28O16. The van der Waals surface area contributed by atoms with Crippen LogP contribution in [0.2, 0.25) is 0 Å². The van der Waals surface area contributed by atoms with Crippen molar-refractivity contribution in [2.24, 2.45) is 0 Å². The first kappa shape index (κ1) is 29.9. The highest BCUT2D eigenvalue weighted by Crippen LogP contribution is 2.37. The molecule has 42 heavy (non-hydrogen) atoms. The molecule has 3 aromatic rings. The molecule has 2 aliphatic rings. The van der Waals surface area contributed by atoms with Gasteiger partial charge in [-0.05, 0) is 24.3 Å². The molecule has 10 N–H and O–H groups in total. The summed E-state index contributed by atoms with van der Waals surface area (Å²) in [4.78, 5) is 13.5. The summed E-state index contributed by atoms with van der Waals surface area (Å²) in [7, 11) is 0. The Morgan fingerprint density at radius 2 is 1.36 bits per heavy atom. The van der Waals surface area contributed by atoms with Crippen LogP contribution in [0.1, 0.15) is 0 Å². The van der Waals surface area contributed by atoms with E-state index in [1.165, 1.54) is 24.3 Å². The summed E-state index contributed by atoms with van der Waals surface area (Å²) in [5, 5.41) is 100. The van der Waals surface area contributed by atoms with E-state index in [4.69, 9.17) is 23.4 Å². The number of hydrogen-bond acceptors (Lipinski definition) is 16. The van der Waals surface area contributed by atoms with Crippen molar-refractivity contribution in [3.63, 3.8) is 0 Å². The first-order valence-electron chi connectivity index (χ1n) is 12.5. The van der Waals surface area contributed by atoms with Crippen LogP contribution < -0.4 is 10.2 Å². The Morgan fingerprint density at radius 1 is 0.714 bits per heavy atom. The summed E-state index contributed by atoms with van der Waals surface area (Å²) in [6.45, 7) is -0.681. The number of fused-ring (bicyclic) bond motifs is 1. The van der Waals surface area contributed by atoms with Crippen LogP contribution in [0.5, 0.6) is 23.0 Å². The van der Waals surface area contributed by atoms with Crippen LogP contribution in [0.3, 0.4) is 0 Å². The fraction of sp³-hybridized carbons (Fsp3) is 0.423. The first-order valence-corrected chi connectivity index (χ1v) is 12.5. The van der Waals surface area contributed by atoms with Gasteiger partial charge in [-0.15, -0.1) is 0 Å². The average Bonchev–Trinajstić information content (AvgIpc) is 2.95. The molecule has 0 bridgehead atoms. The van der Waals surface area contributed by atoms with Crippen LogP contribution in [-0.2, 0) is 14.2 Å². The third-order valence-electron chi connectivity index (χ3n) is 6.92. The van der Waals surface area contributed by atoms with Crippen molar-refractivity contribution < 1.29 is 74.4 Å². The van der Waals surface area contributed by atoms with Crippen molar-refractivity contribution in [1.29, 1.82) is 0 Å². The zero-order valence-corrected chi connectivity index (χ0v) is 21.4. The van der Waals surface area contributed by atoms with E-state index < -0.39 is 96.3 Å². The molecule has 0 radical (unpaired) electrons. The van der Waals surface area contributed by atoms with Crippen molar-refractivity contribution >= 4 is 11.0 Å². The number of hydrogen-bond donors (Lipinski definition) is 10. The molecule has 2 saturated heterocycles. The van der Waals surface area contributed by atoms with Gasteiger partial charge in [-0.3, -0.25) is 4.79 Å². The maximum Gasteiger partial charge on any atom is 0.239 e. The monoisotopic (exact) mass is 596 g/mol. The van der Waals surface area contributed by atoms with Gasteiger partial charge in [-0.1, -0.05) is 0 Å². The van der Waals surface area contributed by atoms with Gasteiger partial charge >= 0.3 is 0 Å². The lowest BCUT2D eigenvalue weighted by Gasteiger charge is -2.42. The van der Waals surface area contributed by atoms with Crippen molar-refractivity contribution in [1.82, 2.24) is 0 Å². The Morgan fingerprint density at radius 3 is 2.05 bits per heavy atom. The molecule has 228 valence electrons. The summed E-state index contributed by atoms with van der Waals surface area (Å²) in [6, 6.07) is 7.22. The van der Waals surface area contributed by atoms with Crippen LogP contribution in [-0.4, -0.2) is 119 Å². The highest BCUT2D eigenvalue weighted by atomic mass is 16.8. The molecule has 1 aromatic heterocycles. The van der Waals surface area contributed by atoms with Gasteiger partial charge in [0.05, 0.1) is 6.61 Å². The molecular weight excluding hydrogens is 568 g/mol. The second kappa shape index (κ2) is 11.6. The van der Waals surface area contributed by atoms with Gasteiger partial charge in [0.1, 0.15) is 70.9 Å². The fourth-order valence-electron chi connectivity index (χ4n) is 4.60. The number of rotatable bonds is 6. The van der Waals surface area contributed by atoms with Crippen molar-refractivity contribution in [3.8, 4) is 34.3 Å². The van der Waals surface area contributed by atoms with E-state index >= 15 is 0 Å². The zero-order chi connectivity index (χ0) is 30.5. The summed E-state index contributed by atoms with van der Waals surface area (Å²) >= 11 is 0. The lowest BCUT2D eigenvalue weighted by Crippen LogP contribution is -2.62. The molecule has 2 fully saturated rings. The maximum absolute atomic E-state index is 13.5. The van der Waals surface area contributed by atoms with Gasteiger partial charge in [-0.25, -0.2) is 0 Å². The minimum Gasteiger partial charge on any atom is -0.508 e. The number of phenolic OH excluding ortho intramolecular Hbond substituents is 3. The van der Waals surface area contributed by atoms with Gasteiger partial charge in [-0.2, -0.15) is 0 Å². The molecule has 2 aliphatic heterocycles. The zero-order valence-electron chi connectivity index (χ0n) is 21.4. The van der Waals surface area contributed by atoms with Gasteiger partial charge in [0.25, 0.3) is 0 Å². The van der Waals surface area contributed by atoms with Crippen molar-refractivity contribution in [2.75, 3.05) is 6.61 Å². The van der Waals surface area contributed by atoms with Gasteiger partial charge < -0.3 is 74.4 Å². The van der Waals surface area contributed by atoms with Gasteiger partial charge in [0.2, 0.25) is 17.5 Å². The summed E-state index contributed by atoms with van der Waals surface area (Å²) in [5.41, 5.74) is -1.03. The Balaban J connectivity index is 1.46. The summed E-state index contributed by atoms with van der Waals surface area (Å²) < 4.78 is 27.2. The van der Waals surface area contributed by atoms with Crippen LogP contribution in [0, 0.1) is 0 Å². The number of aromatic hydroxyl groups is 3. The molecule has 0 amide bonds. The number of ether oxygens (including phenoxy) is 4. The molecule has 4 unspecified atom stereocenters. The van der Waals surface area contributed by atoms with Gasteiger partial charge in [0, 0.05) is 17.7 Å². The number of phenols is 3. The van der Waals surface area contributed by atoms with Crippen LogP contribution in [0.4, 0.5) is 0 Å². The molecule has 2 aromatic carbocycles. The lowest BCUT2D eigenvalue weighted by atomic mass is 9.99. The first-order chi connectivity index (χ1) is 19.9. The van der Waals surface area contributed by atoms with E-state index in [-0.39, 0.29) is 22.7 Å². The third kappa shape index (κ3) is 5.48. The SMILES string of the molecule is O=c1c(O[C@@H]2OC(CO[C@@H]3OC(O)[C@H](O)C(O)[C@@H]3O)[C@H](O)C(O)[C@@H]2O)c(-c2ccc(O)cc2)oc2cc(O)cc(O)c12. The predicted molar refractivity (Wildman–Crippen MR) is 135 cm³/mol. The highest BCUT2D eigenvalue weighted by molar-refractivity contribution is 5.88. The quantitative estimate of drug-likeness (QED) is 0.141. The normalized spacial score (nSPS) is 33.5. The van der Waals surface area contributed by atoms with E-state index in [1.54, 1.807) is 0 Å². The molecule has 5 rings (SSSR count). The minimum atomic E-state index is -1.96. The van der Waals surface area contributed by atoms with E-state index in [0.717, 1.165) is 12.1 Å². The molecule has 0 spiro atoms. The summed E-state index contributed by atoms with van der Waals surface area (Å²) in [6.07, 6.45) is -18.2. The second-order valence-corrected chi connectivity index (χ2v) is 9.81. The molecule has 0 aliphatic carbocycles. The minimum absolute atomic E-state index is 0.118. The average molecular weight is 596 g/mol. The number of benzene rings is 2. The van der Waals surface area contributed by atoms with E-state index in [9.17, 15) is 55.9 Å². The number of aliphatic hydroxyl groups excluding tert-OH is 7. The van der Waals surface area contributed by atoms with Crippen molar-refractivity contribution in [3.05, 3.63) is 46.6 Å². The highest BCUT2D eigenvalue weighted by Gasteiger charge is 2.48. The molecule has 3 heterocycles. The number of aliphatic hydroxyl groups is 7. The fourth-order valence-corrected chi connectivity index (χ4v) is 4.60. The predicted octanol–water partition coefficient (Wildman–Crippen LogP) is -2.46. The van der Waals surface area contributed by atoms with E-state index in [2.05, 4.69) is 0 Å². The Hall–Kier alpha value is -3.55. The molecule has 16 heteroatoms. The second-order valence-electron chi connectivity index (χ2n) is 9.81. The molecule has 10 atom stereocenters. The van der Waals surface area contributed by atoms with Crippen LogP contribution in [0.25, 0.3) is 22.3 Å². The smallest absolute Gasteiger partial charge is 0.239 e. The van der Waals surface area contributed by atoms with Crippen LogP contribution in [0.15, 0.2) is 45.6 Å².